The quantitative estimate of drug-likeness (QED) is 0.834. The Bertz CT molecular complexity index is 423. The van der Waals surface area contributed by atoms with Crippen LogP contribution in [-0.4, -0.2) is 6.04 Å². The van der Waals surface area contributed by atoms with Crippen molar-refractivity contribution in [2.45, 2.75) is 57.9 Å². The third-order valence-electron chi connectivity index (χ3n) is 3.76. The zero-order chi connectivity index (χ0) is 12.8. The van der Waals surface area contributed by atoms with Crippen molar-refractivity contribution >= 4 is 5.69 Å². The second-order valence-electron chi connectivity index (χ2n) is 5.35. The number of benzene rings is 1. The molecule has 1 N–H and O–H groups in total. The normalized spacial score (nSPS) is 17.6. The Kier molecular flexibility index (Phi) is 4.64. The minimum Gasteiger partial charge on any atom is -0.381 e. The molecule has 1 aliphatic carbocycles. The molecule has 1 saturated carbocycles. The van der Waals surface area contributed by atoms with Crippen LogP contribution in [0.4, 0.5) is 5.69 Å². The first-order valence-electron chi connectivity index (χ1n) is 7.07. The number of hydrogen-bond donors (Lipinski definition) is 1. The van der Waals surface area contributed by atoms with E-state index in [-0.39, 0.29) is 0 Å². The summed E-state index contributed by atoms with van der Waals surface area (Å²) in [5, 5.41) is 12.7. The van der Waals surface area contributed by atoms with E-state index in [2.05, 4.69) is 24.4 Å². The van der Waals surface area contributed by atoms with Gasteiger partial charge in [0.1, 0.15) is 6.07 Å². The molecule has 1 aromatic rings. The average Bonchev–Trinajstić information content (AvgIpc) is 2.33. The molecule has 0 aromatic heterocycles. The SMILES string of the molecule is Cc1ccc(C#N)c(NC2CCCCCCC2)c1. The molecule has 0 spiro atoms. The Labute approximate surface area is 110 Å². The van der Waals surface area contributed by atoms with Gasteiger partial charge in [-0.15, -0.1) is 0 Å². The molecule has 0 bridgehead atoms. The van der Waals surface area contributed by atoms with Crippen LogP contribution in [0, 0.1) is 18.3 Å². The van der Waals surface area contributed by atoms with Crippen molar-refractivity contribution in [3.05, 3.63) is 29.3 Å². The zero-order valence-electron chi connectivity index (χ0n) is 11.2. The first kappa shape index (κ1) is 13.0. The van der Waals surface area contributed by atoms with Crippen LogP contribution in [-0.2, 0) is 0 Å². The largest absolute Gasteiger partial charge is 0.381 e. The van der Waals surface area contributed by atoms with Crippen LogP contribution < -0.4 is 5.32 Å². The lowest BCUT2D eigenvalue weighted by Gasteiger charge is -2.22. The van der Waals surface area contributed by atoms with Gasteiger partial charge in [0.25, 0.3) is 0 Å². The van der Waals surface area contributed by atoms with Gasteiger partial charge in [0.15, 0.2) is 0 Å². The van der Waals surface area contributed by atoms with Crippen molar-refractivity contribution in [2.75, 3.05) is 5.32 Å². The molecule has 96 valence electrons. The molecule has 0 amide bonds. The number of anilines is 1. The maximum Gasteiger partial charge on any atom is 0.101 e. The van der Waals surface area contributed by atoms with Crippen LogP contribution >= 0.6 is 0 Å². The van der Waals surface area contributed by atoms with E-state index < -0.39 is 0 Å². The minimum atomic E-state index is 0.541. The second kappa shape index (κ2) is 6.44. The molecule has 0 atom stereocenters. The van der Waals surface area contributed by atoms with Crippen LogP contribution in [0.5, 0.6) is 0 Å². The lowest BCUT2D eigenvalue weighted by molar-refractivity contribution is 0.471. The Morgan fingerprint density at radius 1 is 1.11 bits per heavy atom. The summed E-state index contributed by atoms with van der Waals surface area (Å²) < 4.78 is 0. The molecule has 1 aromatic carbocycles. The summed E-state index contributed by atoms with van der Waals surface area (Å²) in [6, 6.07) is 8.83. The predicted molar refractivity (Wildman–Crippen MR) is 75.6 cm³/mol. The summed E-state index contributed by atoms with van der Waals surface area (Å²) in [7, 11) is 0. The summed E-state index contributed by atoms with van der Waals surface area (Å²) in [6.45, 7) is 2.07. The number of nitriles is 1. The fourth-order valence-corrected chi connectivity index (χ4v) is 2.70. The molecule has 18 heavy (non-hydrogen) atoms. The first-order valence-corrected chi connectivity index (χ1v) is 7.07. The van der Waals surface area contributed by atoms with Crippen molar-refractivity contribution in [3.63, 3.8) is 0 Å². The van der Waals surface area contributed by atoms with E-state index in [0.29, 0.717) is 6.04 Å². The fourth-order valence-electron chi connectivity index (χ4n) is 2.70. The molecule has 0 aliphatic heterocycles. The summed E-state index contributed by atoms with van der Waals surface area (Å²) in [5.41, 5.74) is 2.99. The summed E-state index contributed by atoms with van der Waals surface area (Å²) in [6.07, 6.45) is 9.20. The molecule has 0 saturated heterocycles. The molecule has 2 rings (SSSR count). The Morgan fingerprint density at radius 2 is 1.78 bits per heavy atom. The van der Waals surface area contributed by atoms with Gasteiger partial charge in [-0.3, -0.25) is 0 Å². The Balaban J connectivity index is 2.07. The van der Waals surface area contributed by atoms with Gasteiger partial charge in [-0.25, -0.2) is 0 Å². The van der Waals surface area contributed by atoms with Gasteiger partial charge in [0.05, 0.1) is 11.3 Å². The van der Waals surface area contributed by atoms with Gasteiger partial charge in [-0.2, -0.15) is 5.26 Å². The van der Waals surface area contributed by atoms with E-state index in [1.165, 1.54) is 50.5 Å². The monoisotopic (exact) mass is 242 g/mol. The van der Waals surface area contributed by atoms with Crippen molar-refractivity contribution in [2.24, 2.45) is 0 Å². The van der Waals surface area contributed by atoms with Gasteiger partial charge in [-0.05, 0) is 37.5 Å². The Hall–Kier alpha value is -1.49. The molecular formula is C16H22N2. The van der Waals surface area contributed by atoms with E-state index in [1.54, 1.807) is 0 Å². The average molecular weight is 242 g/mol. The number of rotatable bonds is 2. The summed E-state index contributed by atoms with van der Waals surface area (Å²) in [4.78, 5) is 0. The summed E-state index contributed by atoms with van der Waals surface area (Å²) >= 11 is 0. The van der Waals surface area contributed by atoms with Crippen molar-refractivity contribution in [1.29, 1.82) is 5.26 Å². The van der Waals surface area contributed by atoms with Gasteiger partial charge in [0.2, 0.25) is 0 Å². The van der Waals surface area contributed by atoms with Crippen molar-refractivity contribution in [1.82, 2.24) is 0 Å². The highest BCUT2D eigenvalue weighted by atomic mass is 14.9. The lowest BCUT2D eigenvalue weighted by atomic mass is 9.96. The van der Waals surface area contributed by atoms with Gasteiger partial charge in [-0.1, -0.05) is 38.2 Å². The van der Waals surface area contributed by atoms with Gasteiger partial charge >= 0.3 is 0 Å². The number of nitrogens with one attached hydrogen (secondary N) is 1. The number of aryl methyl sites for hydroxylation is 1. The van der Waals surface area contributed by atoms with E-state index >= 15 is 0 Å². The van der Waals surface area contributed by atoms with Gasteiger partial charge in [0, 0.05) is 6.04 Å². The summed E-state index contributed by atoms with van der Waals surface area (Å²) in [5.74, 6) is 0. The molecule has 0 unspecified atom stereocenters. The molecule has 0 heterocycles. The van der Waals surface area contributed by atoms with Crippen molar-refractivity contribution < 1.29 is 0 Å². The van der Waals surface area contributed by atoms with Crippen LogP contribution in [0.1, 0.15) is 56.1 Å². The molecular weight excluding hydrogens is 220 g/mol. The second-order valence-corrected chi connectivity index (χ2v) is 5.35. The maximum absolute atomic E-state index is 9.15. The fraction of sp³-hybridized carbons (Fsp3) is 0.562. The smallest absolute Gasteiger partial charge is 0.101 e. The highest BCUT2D eigenvalue weighted by molar-refractivity contribution is 5.59. The van der Waals surface area contributed by atoms with E-state index in [4.69, 9.17) is 5.26 Å². The molecule has 1 aliphatic rings. The van der Waals surface area contributed by atoms with E-state index in [1.807, 2.05) is 12.1 Å². The standard InChI is InChI=1S/C16H22N2/c1-13-9-10-14(12-17)16(11-13)18-15-7-5-3-2-4-6-8-15/h9-11,15,18H,2-8H2,1H3. The van der Waals surface area contributed by atoms with Gasteiger partial charge < -0.3 is 5.32 Å². The topological polar surface area (TPSA) is 35.8 Å². The molecule has 2 heteroatoms. The molecule has 2 nitrogen and oxygen atoms in total. The van der Waals surface area contributed by atoms with Crippen LogP contribution in [0.3, 0.4) is 0 Å². The Morgan fingerprint density at radius 3 is 2.44 bits per heavy atom. The third-order valence-corrected chi connectivity index (χ3v) is 3.76. The van der Waals surface area contributed by atoms with E-state index in [9.17, 15) is 0 Å². The first-order chi connectivity index (χ1) is 8.79. The highest BCUT2D eigenvalue weighted by Gasteiger charge is 2.12. The zero-order valence-corrected chi connectivity index (χ0v) is 11.2. The number of nitrogens with zero attached hydrogens (tertiary/aromatic N) is 1. The van der Waals surface area contributed by atoms with Crippen LogP contribution in [0.25, 0.3) is 0 Å². The van der Waals surface area contributed by atoms with Crippen molar-refractivity contribution in [3.8, 4) is 6.07 Å². The lowest BCUT2D eigenvalue weighted by Crippen LogP contribution is -2.21. The number of hydrogen-bond acceptors (Lipinski definition) is 2. The maximum atomic E-state index is 9.15. The highest BCUT2D eigenvalue weighted by Crippen LogP contribution is 2.23. The molecule has 0 radical (unpaired) electrons. The predicted octanol–water partition coefficient (Wildman–Crippen LogP) is 4.39. The van der Waals surface area contributed by atoms with Crippen LogP contribution in [0.15, 0.2) is 18.2 Å². The van der Waals surface area contributed by atoms with E-state index in [0.717, 1.165) is 11.3 Å². The minimum absolute atomic E-state index is 0.541. The molecule has 1 fully saturated rings. The third kappa shape index (κ3) is 3.50. The van der Waals surface area contributed by atoms with Crippen LogP contribution in [0.2, 0.25) is 0 Å².